The molecule has 0 aliphatic carbocycles. The quantitative estimate of drug-likeness (QED) is 0.0880. The van der Waals surface area contributed by atoms with E-state index < -0.39 is 18.1 Å². The Hall–Kier alpha value is -5.64. The number of hydrogen-bond donors (Lipinski definition) is 4. The minimum atomic E-state index is -0.823. The summed E-state index contributed by atoms with van der Waals surface area (Å²) < 4.78 is 11.6. The average Bonchev–Trinajstić information content (AvgIpc) is 4.01. The molecule has 0 radical (unpaired) electrons. The standard InChI is InChI=1S/C44H50N8O6S/c1-24(2)39(44(56)52-22-31(53)17-35(52)43(55)46-26(4)28-11-13-29(14-12-28)41-27(5)45-23-59-41)37-19-38(50-58-37)57-16-8-15-51-20-30(21-51)40-25(3)33-18-34(48-49-42(33)47-40)32-9-6-7-10-36(32)54/h6-7,9-14,18-19,23-24,26,30-31,35,39,53-54H,8,15-17,20-22H2,1-5H3,(H,46,55)(H,47,49)/t26-,31+,35-,39+/m0/s1. The molecule has 4 aromatic heterocycles. The number of aliphatic hydroxyl groups is 1. The number of carbonyl (C=O) groups excluding carboxylic acids is 2. The van der Waals surface area contributed by atoms with Gasteiger partial charge >= 0.3 is 0 Å². The highest BCUT2D eigenvalue weighted by Crippen LogP contribution is 2.36. The molecule has 0 spiro atoms. The van der Waals surface area contributed by atoms with E-state index in [1.54, 1.807) is 29.5 Å². The number of likely N-dealkylation sites (tertiary alicyclic amines) is 2. The van der Waals surface area contributed by atoms with Gasteiger partial charge in [-0.1, -0.05) is 50.2 Å². The number of aromatic nitrogens is 5. The molecule has 308 valence electrons. The van der Waals surface area contributed by atoms with E-state index in [-0.39, 0.29) is 42.5 Å². The highest BCUT2D eigenvalue weighted by molar-refractivity contribution is 7.13. The van der Waals surface area contributed by atoms with Crippen molar-refractivity contribution < 1.29 is 29.1 Å². The monoisotopic (exact) mass is 818 g/mol. The predicted octanol–water partition coefficient (Wildman–Crippen LogP) is 6.51. The molecular formula is C44H50N8O6S. The number of fused-ring (bicyclic) bond motifs is 1. The lowest BCUT2D eigenvalue weighted by Crippen LogP contribution is -2.48. The molecule has 0 unspecified atom stereocenters. The number of aliphatic hydroxyl groups excluding tert-OH is 1. The number of amides is 2. The maximum atomic E-state index is 14.1. The van der Waals surface area contributed by atoms with Gasteiger partial charge in [-0.05, 0) is 73.2 Å². The number of aromatic hydroxyl groups is 1. The number of β-amino-alcohol motifs (C(OH)–C–C–N with tert-alkyl or cyclic N) is 1. The van der Waals surface area contributed by atoms with Crippen LogP contribution in [0, 0.1) is 19.8 Å². The van der Waals surface area contributed by atoms with Crippen LogP contribution in [-0.2, 0) is 9.59 Å². The number of aryl methyl sites for hydroxylation is 2. The van der Waals surface area contributed by atoms with Gasteiger partial charge in [0.25, 0.3) is 5.88 Å². The van der Waals surface area contributed by atoms with Gasteiger partial charge in [-0.3, -0.25) is 9.59 Å². The van der Waals surface area contributed by atoms with Gasteiger partial charge < -0.3 is 39.6 Å². The van der Waals surface area contributed by atoms with Crippen molar-refractivity contribution in [1.82, 2.24) is 40.4 Å². The van der Waals surface area contributed by atoms with Crippen molar-refractivity contribution in [1.29, 1.82) is 0 Å². The van der Waals surface area contributed by atoms with Crippen molar-refractivity contribution in [2.45, 2.75) is 77.5 Å². The van der Waals surface area contributed by atoms with Crippen LogP contribution in [0.3, 0.4) is 0 Å². The van der Waals surface area contributed by atoms with Crippen LogP contribution in [0.15, 0.2) is 70.7 Å². The number of nitrogens with zero attached hydrogens (tertiary/aromatic N) is 6. The van der Waals surface area contributed by atoms with Crippen LogP contribution in [0.5, 0.6) is 11.6 Å². The summed E-state index contributed by atoms with van der Waals surface area (Å²) >= 11 is 1.59. The fourth-order valence-corrected chi connectivity index (χ4v) is 9.18. The number of rotatable bonds is 14. The first kappa shape index (κ1) is 40.2. The van der Waals surface area contributed by atoms with E-state index in [4.69, 9.17) is 9.26 Å². The molecule has 2 aliphatic heterocycles. The van der Waals surface area contributed by atoms with E-state index in [0.29, 0.717) is 35.4 Å². The summed E-state index contributed by atoms with van der Waals surface area (Å²) in [5.74, 6) is -0.296. The summed E-state index contributed by atoms with van der Waals surface area (Å²) in [5, 5.41) is 37.9. The molecule has 6 heterocycles. The SMILES string of the molecule is Cc1ncsc1-c1ccc([C@H](C)NC(=O)[C@@H]2C[C@@H](O)CN2C(=O)[C@@H](c2cc(OCCCN3CC(c4[nH]c5nnc(-c6ccccc6O)cc5c4C)C3)no2)C(C)C)cc1. The Balaban J connectivity index is 0.824. The Morgan fingerprint density at radius 2 is 1.83 bits per heavy atom. The summed E-state index contributed by atoms with van der Waals surface area (Å²) in [6, 6.07) is 17.7. The number of phenols is 1. The number of hydrogen-bond acceptors (Lipinski definition) is 12. The highest BCUT2D eigenvalue weighted by atomic mass is 32.1. The van der Waals surface area contributed by atoms with E-state index in [1.165, 1.54) is 4.90 Å². The van der Waals surface area contributed by atoms with E-state index in [9.17, 15) is 19.8 Å². The van der Waals surface area contributed by atoms with Crippen LogP contribution in [-0.4, -0.2) is 102 Å². The zero-order valence-corrected chi connectivity index (χ0v) is 34.7. The van der Waals surface area contributed by atoms with Gasteiger partial charge in [-0.15, -0.1) is 21.5 Å². The molecule has 0 bridgehead atoms. The topological polar surface area (TPSA) is 183 Å². The van der Waals surface area contributed by atoms with Gasteiger partial charge in [-0.2, -0.15) is 0 Å². The Kier molecular flexibility index (Phi) is 11.5. The Bertz CT molecular complexity index is 2440. The maximum Gasteiger partial charge on any atom is 0.254 e. The smallest absolute Gasteiger partial charge is 0.254 e. The third kappa shape index (κ3) is 8.32. The second kappa shape index (κ2) is 16.9. The number of nitrogens with one attached hydrogen (secondary N) is 2. The second-order valence-corrected chi connectivity index (χ2v) is 17.0. The molecule has 2 aromatic carbocycles. The molecule has 2 aliphatic rings. The van der Waals surface area contributed by atoms with Gasteiger partial charge in [0.05, 0.1) is 40.5 Å². The van der Waals surface area contributed by atoms with Crippen LogP contribution in [0.2, 0.25) is 0 Å². The molecule has 4 N–H and O–H groups in total. The van der Waals surface area contributed by atoms with E-state index in [1.807, 2.05) is 75.7 Å². The predicted molar refractivity (Wildman–Crippen MR) is 224 cm³/mol. The zero-order valence-electron chi connectivity index (χ0n) is 33.9. The minimum Gasteiger partial charge on any atom is -0.507 e. The molecule has 0 saturated carbocycles. The van der Waals surface area contributed by atoms with Crippen molar-refractivity contribution in [3.63, 3.8) is 0 Å². The number of H-pyrrole nitrogens is 1. The van der Waals surface area contributed by atoms with Crippen molar-refractivity contribution >= 4 is 34.2 Å². The van der Waals surface area contributed by atoms with Gasteiger partial charge in [0, 0.05) is 61.2 Å². The van der Waals surface area contributed by atoms with E-state index >= 15 is 0 Å². The largest absolute Gasteiger partial charge is 0.507 e. The van der Waals surface area contributed by atoms with Gasteiger partial charge in [0.1, 0.15) is 17.7 Å². The number of benzene rings is 2. The van der Waals surface area contributed by atoms with Crippen molar-refractivity contribution in [3.8, 4) is 33.3 Å². The summed E-state index contributed by atoms with van der Waals surface area (Å²) in [6.07, 6.45) is 0.110. The first-order valence-corrected chi connectivity index (χ1v) is 21.1. The zero-order chi connectivity index (χ0) is 41.4. The van der Waals surface area contributed by atoms with Crippen LogP contribution >= 0.6 is 11.3 Å². The molecule has 2 fully saturated rings. The molecule has 2 amide bonds. The summed E-state index contributed by atoms with van der Waals surface area (Å²) in [7, 11) is 0. The van der Waals surface area contributed by atoms with Crippen LogP contribution in [0.1, 0.15) is 79.8 Å². The number of aromatic amines is 1. The molecule has 15 heteroatoms. The van der Waals surface area contributed by atoms with Crippen LogP contribution in [0.25, 0.3) is 32.7 Å². The number of phenolic OH excluding ortho intramolecular Hbond substituents is 1. The summed E-state index contributed by atoms with van der Waals surface area (Å²) in [4.78, 5) is 40.6. The third-order valence-electron chi connectivity index (χ3n) is 11.7. The normalized spacial score (nSPS) is 18.3. The third-order valence-corrected chi connectivity index (χ3v) is 12.6. The Morgan fingerprint density at radius 1 is 1.05 bits per heavy atom. The first-order chi connectivity index (χ1) is 28.4. The number of para-hydroxylation sites is 1. The molecular weight excluding hydrogens is 769 g/mol. The Labute approximate surface area is 346 Å². The van der Waals surface area contributed by atoms with Gasteiger partial charge in [0.2, 0.25) is 11.8 Å². The number of ether oxygens (including phenoxy) is 1. The maximum absolute atomic E-state index is 14.1. The Morgan fingerprint density at radius 3 is 2.56 bits per heavy atom. The number of carbonyl (C=O) groups is 2. The lowest BCUT2D eigenvalue weighted by atomic mass is 9.91. The van der Waals surface area contributed by atoms with Crippen molar-refractivity contribution in [2.75, 3.05) is 32.8 Å². The highest BCUT2D eigenvalue weighted by Gasteiger charge is 2.43. The lowest BCUT2D eigenvalue weighted by molar-refractivity contribution is -0.141. The van der Waals surface area contributed by atoms with E-state index in [2.05, 4.69) is 42.5 Å². The van der Waals surface area contributed by atoms with Crippen LogP contribution < -0.4 is 10.1 Å². The van der Waals surface area contributed by atoms with Gasteiger partial charge in [-0.25, -0.2) is 4.98 Å². The minimum absolute atomic E-state index is 0.0563. The fourth-order valence-electron chi connectivity index (χ4n) is 8.37. The van der Waals surface area contributed by atoms with Crippen molar-refractivity contribution in [2.24, 2.45) is 5.92 Å². The molecule has 6 aromatic rings. The van der Waals surface area contributed by atoms with Gasteiger partial charge in [0.15, 0.2) is 11.4 Å². The molecule has 59 heavy (non-hydrogen) atoms. The average molecular weight is 819 g/mol. The first-order valence-electron chi connectivity index (χ1n) is 20.2. The van der Waals surface area contributed by atoms with Crippen LogP contribution in [0.4, 0.5) is 0 Å². The molecule has 2 saturated heterocycles. The second-order valence-electron chi connectivity index (χ2n) is 16.1. The lowest BCUT2D eigenvalue weighted by Gasteiger charge is -2.39. The fraction of sp³-hybridized carbons (Fsp3) is 0.409. The van der Waals surface area contributed by atoms with E-state index in [0.717, 1.165) is 70.0 Å². The molecule has 14 nitrogen and oxygen atoms in total. The van der Waals surface area contributed by atoms with Crippen molar-refractivity contribution in [3.05, 3.63) is 94.4 Å². The summed E-state index contributed by atoms with van der Waals surface area (Å²) in [6.45, 7) is 13.0. The molecule has 8 rings (SSSR count). The number of thiazole rings is 1. The molecule has 4 atom stereocenters. The summed E-state index contributed by atoms with van der Waals surface area (Å²) in [5.41, 5.74) is 9.15.